The van der Waals surface area contributed by atoms with Crippen LogP contribution in [0.4, 0.5) is 0 Å². The Balaban J connectivity index is 1.86. The van der Waals surface area contributed by atoms with Crippen LogP contribution in [0.5, 0.6) is 0 Å². The van der Waals surface area contributed by atoms with Gasteiger partial charge in [-0.3, -0.25) is 4.90 Å². The smallest absolute Gasteiger partial charge is 0.127 e. The van der Waals surface area contributed by atoms with Gasteiger partial charge in [0.05, 0.1) is 29.6 Å². The fourth-order valence-electron chi connectivity index (χ4n) is 2.73. The summed E-state index contributed by atoms with van der Waals surface area (Å²) in [7, 11) is 0. The van der Waals surface area contributed by atoms with Crippen molar-refractivity contribution in [2.24, 2.45) is 0 Å². The molecule has 0 amide bonds. The molecule has 114 valence electrons. The van der Waals surface area contributed by atoms with Crippen molar-refractivity contribution < 1.29 is 4.74 Å². The average molecular weight is 328 g/mol. The van der Waals surface area contributed by atoms with Gasteiger partial charge in [-0.1, -0.05) is 11.6 Å². The first-order chi connectivity index (χ1) is 10.1. The lowest BCUT2D eigenvalue weighted by atomic mass is 10.3. The van der Waals surface area contributed by atoms with Crippen molar-refractivity contribution in [1.82, 2.24) is 14.5 Å². The molecule has 1 fully saturated rings. The molecule has 0 radical (unpaired) electrons. The number of nitrogens with zero attached hydrogens (tertiary/aromatic N) is 3. The molecule has 1 atom stereocenters. The third kappa shape index (κ3) is 3.34. The Morgan fingerprint density at radius 2 is 2.05 bits per heavy atom. The number of morpholine rings is 1. The van der Waals surface area contributed by atoms with Crippen molar-refractivity contribution in [1.29, 1.82) is 0 Å². The van der Waals surface area contributed by atoms with Crippen LogP contribution in [0.2, 0.25) is 5.02 Å². The largest absolute Gasteiger partial charge is 0.379 e. The van der Waals surface area contributed by atoms with Crippen LogP contribution in [-0.2, 0) is 11.3 Å². The number of imidazole rings is 1. The van der Waals surface area contributed by atoms with Gasteiger partial charge in [-0.05, 0) is 25.1 Å². The van der Waals surface area contributed by atoms with E-state index in [0.717, 1.165) is 56.3 Å². The maximum atomic E-state index is 6.29. The number of fused-ring (bicyclic) bond motifs is 1. The molecule has 0 saturated carbocycles. The van der Waals surface area contributed by atoms with E-state index in [1.54, 1.807) is 0 Å². The van der Waals surface area contributed by atoms with Crippen LogP contribution in [0.3, 0.4) is 0 Å². The van der Waals surface area contributed by atoms with Crippen LogP contribution < -0.4 is 0 Å². The summed E-state index contributed by atoms with van der Waals surface area (Å²) in [5.74, 6) is 0.905. The van der Waals surface area contributed by atoms with E-state index in [-0.39, 0.29) is 5.38 Å². The molecular weight excluding hydrogens is 309 g/mol. The number of halogens is 2. The molecule has 1 unspecified atom stereocenters. The minimum atomic E-state index is -0.124. The van der Waals surface area contributed by atoms with Gasteiger partial charge in [0.1, 0.15) is 5.82 Å². The second-order valence-electron chi connectivity index (χ2n) is 5.32. The molecule has 21 heavy (non-hydrogen) atoms. The normalized spacial score (nSPS) is 18.2. The predicted molar refractivity (Wildman–Crippen MR) is 86.3 cm³/mol. The Labute approximate surface area is 134 Å². The Hall–Kier alpha value is -0.810. The minimum absolute atomic E-state index is 0.124. The Kier molecular flexibility index (Phi) is 4.69. The van der Waals surface area contributed by atoms with E-state index < -0.39 is 0 Å². The maximum absolute atomic E-state index is 6.29. The second kappa shape index (κ2) is 6.53. The van der Waals surface area contributed by atoms with Crippen LogP contribution in [0.15, 0.2) is 18.2 Å². The van der Waals surface area contributed by atoms with Crippen molar-refractivity contribution in [2.75, 3.05) is 32.8 Å². The topological polar surface area (TPSA) is 30.3 Å². The summed E-state index contributed by atoms with van der Waals surface area (Å²) in [6.07, 6.45) is 0. The van der Waals surface area contributed by atoms with Crippen molar-refractivity contribution in [3.8, 4) is 0 Å². The number of hydrogen-bond acceptors (Lipinski definition) is 3. The molecule has 0 bridgehead atoms. The summed E-state index contributed by atoms with van der Waals surface area (Å²) in [5.41, 5.74) is 2.00. The molecule has 1 aromatic carbocycles. The average Bonchev–Trinajstić information content (AvgIpc) is 2.84. The van der Waals surface area contributed by atoms with Crippen molar-refractivity contribution >= 4 is 34.2 Å². The van der Waals surface area contributed by atoms with Crippen LogP contribution in [0.25, 0.3) is 11.0 Å². The van der Waals surface area contributed by atoms with E-state index in [1.165, 1.54) is 0 Å². The van der Waals surface area contributed by atoms with Gasteiger partial charge in [0.2, 0.25) is 0 Å². The molecule has 1 saturated heterocycles. The molecule has 0 N–H and O–H groups in total. The molecular formula is C15H19Cl2N3O. The lowest BCUT2D eigenvalue weighted by molar-refractivity contribution is 0.0364. The number of aromatic nitrogens is 2. The first kappa shape index (κ1) is 15.1. The fraction of sp³-hybridized carbons (Fsp3) is 0.533. The number of rotatable bonds is 4. The molecule has 0 spiro atoms. The highest BCUT2D eigenvalue weighted by Crippen LogP contribution is 2.26. The highest BCUT2D eigenvalue weighted by Gasteiger charge is 2.17. The summed E-state index contributed by atoms with van der Waals surface area (Å²) < 4.78 is 7.59. The molecule has 1 aliphatic rings. The Morgan fingerprint density at radius 1 is 1.29 bits per heavy atom. The zero-order chi connectivity index (χ0) is 14.8. The number of hydrogen-bond donors (Lipinski definition) is 0. The SMILES string of the molecule is CC(Cl)c1nc2cc(Cl)ccc2n1CCN1CCOCC1. The third-order valence-corrected chi connectivity index (χ3v) is 4.27. The van der Waals surface area contributed by atoms with Gasteiger partial charge in [0, 0.05) is 31.2 Å². The Morgan fingerprint density at radius 3 is 2.76 bits per heavy atom. The van der Waals surface area contributed by atoms with E-state index in [9.17, 15) is 0 Å². The van der Waals surface area contributed by atoms with Gasteiger partial charge < -0.3 is 9.30 Å². The predicted octanol–water partition coefficient (Wildman–Crippen LogP) is 3.32. The third-order valence-electron chi connectivity index (χ3n) is 3.84. The molecule has 6 heteroatoms. The molecule has 3 rings (SSSR count). The lowest BCUT2D eigenvalue weighted by Crippen LogP contribution is -2.38. The van der Waals surface area contributed by atoms with Gasteiger partial charge in [-0.2, -0.15) is 0 Å². The van der Waals surface area contributed by atoms with Gasteiger partial charge in [0.15, 0.2) is 0 Å². The zero-order valence-corrected chi connectivity index (χ0v) is 13.6. The second-order valence-corrected chi connectivity index (χ2v) is 6.42. The summed E-state index contributed by atoms with van der Waals surface area (Å²) in [6, 6.07) is 5.82. The van der Waals surface area contributed by atoms with E-state index in [2.05, 4.69) is 14.5 Å². The molecule has 2 heterocycles. The van der Waals surface area contributed by atoms with Crippen LogP contribution in [0, 0.1) is 0 Å². The molecule has 1 aromatic heterocycles. The van der Waals surface area contributed by atoms with E-state index in [0.29, 0.717) is 5.02 Å². The van der Waals surface area contributed by atoms with Gasteiger partial charge in [-0.15, -0.1) is 11.6 Å². The number of benzene rings is 1. The highest BCUT2D eigenvalue weighted by atomic mass is 35.5. The van der Waals surface area contributed by atoms with Gasteiger partial charge in [-0.25, -0.2) is 4.98 Å². The highest BCUT2D eigenvalue weighted by molar-refractivity contribution is 6.31. The lowest BCUT2D eigenvalue weighted by Gasteiger charge is -2.27. The van der Waals surface area contributed by atoms with Gasteiger partial charge >= 0.3 is 0 Å². The summed E-state index contributed by atoms with van der Waals surface area (Å²) in [5, 5.41) is 0.579. The molecule has 4 nitrogen and oxygen atoms in total. The van der Waals surface area contributed by atoms with E-state index in [1.807, 2.05) is 25.1 Å². The summed E-state index contributed by atoms with van der Waals surface area (Å²) in [6.45, 7) is 7.43. The molecule has 2 aromatic rings. The first-order valence-corrected chi connectivity index (χ1v) is 8.06. The van der Waals surface area contributed by atoms with Crippen LogP contribution in [-0.4, -0.2) is 47.3 Å². The Bertz CT molecular complexity index is 621. The monoisotopic (exact) mass is 327 g/mol. The quantitative estimate of drug-likeness (QED) is 0.807. The fourth-order valence-corrected chi connectivity index (χ4v) is 3.06. The molecule has 1 aliphatic heterocycles. The standard InChI is InChI=1S/C15H19Cl2N3O/c1-11(16)15-18-13-10-12(17)2-3-14(13)20(15)5-4-19-6-8-21-9-7-19/h2-3,10-11H,4-9H2,1H3. The van der Waals surface area contributed by atoms with Crippen LogP contribution >= 0.6 is 23.2 Å². The number of alkyl halides is 1. The molecule has 0 aliphatic carbocycles. The summed E-state index contributed by atoms with van der Waals surface area (Å²) in [4.78, 5) is 7.05. The van der Waals surface area contributed by atoms with Crippen LogP contribution in [0.1, 0.15) is 18.1 Å². The van der Waals surface area contributed by atoms with E-state index >= 15 is 0 Å². The van der Waals surface area contributed by atoms with Gasteiger partial charge in [0.25, 0.3) is 0 Å². The maximum Gasteiger partial charge on any atom is 0.127 e. The zero-order valence-electron chi connectivity index (χ0n) is 12.1. The first-order valence-electron chi connectivity index (χ1n) is 7.25. The van der Waals surface area contributed by atoms with Crippen molar-refractivity contribution in [3.63, 3.8) is 0 Å². The van der Waals surface area contributed by atoms with Crippen molar-refractivity contribution in [2.45, 2.75) is 18.8 Å². The minimum Gasteiger partial charge on any atom is -0.379 e. The van der Waals surface area contributed by atoms with E-state index in [4.69, 9.17) is 27.9 Å². The van der Waals surface area contributed by atoms with Crippen molar-refractivity contribution in [3.05, 3.63) is 29.0 Å². The summed E-state index contributed by atoms with van der Waals surface area (Å²) >= 11 is 12.3. The number of ether oxygens (including phenoxy) is 1.